The van der Waals surface area contributed by atoms with E-state index in [0.29, 0.717) is 11.8 Å². The Labute approximate surface area is 144 Å². The van der Waals surface area contributed by atoms with Crippen molar-refractivity contribution in [2.75, 3.05) is 7.11 Å². The lowest BCUT2D eigenvalue weighted by molar-refractivity contribution is -0.102. The van der Waals surface area contributed by atoms with Crippen molar-refractivity contribution < 1.29 is 9.84 Å². The molecule has 5 rings (SSSR count). The highest BCUT2D eigenvalue weighted by Crippen LogP contribution is 2.76. The molecule has 1 aromatic carbocycles. The molecular weight excluding hydrogens is 296 g/mol. The summed E-state index contributed by atoms with van der Waals surface area (Å²) in [6.45, 7) is 2.31. The van der Waals surface area contributed by atoms with Gasteiger partial charge in [0.1, 0.15) is 5.75 Å². The van der Waals surface area contributed by atoms with Gasteiger partial charge in [0.25, 0.3) is 0 Å². The molecule has 2 saturated carbocycles. The summed E-state index contributed by atoms with van der Waals surface area (Å²) in [5.41, 5.74) is 2.85. The summed E-state index contributed by atoms with van der Waals surface area (Å²) >= 11 is 0. The van der Waals surface area contributed by atoms with E-state index < -0.39 is 5.60 Å². The van der Waals surface area contributed by atoms with Crippen LogP contribution in [0.3, 0.4) is 0 Å². The minimum absolute atomic E-state index is 0.102. The first-order chi connectivity index (χ1) is 11.6. The second kappa shape index (κ2) is 4.66. The number of allylic oxidation sites excluding steroid dienone is 1. The standard InChI is InChI=1S/C22H28O2/c1-3-21-9-8-18-17-6-5-16(24-2)14-15(17)4-7-19(18)20(21)10-12-22(21,23)13-11-20/h5-6,10,12,14,18-19,23H,3-4,7-9,11,13H2,1-2H3/t18-,19-,20+,21+,22+/m1/s1. The molecular formula is C22H28O2. The van der Waals surface area contributed by atoms with Gasteiger partial charge in [0.2, 0.25) is 0 Å². The van der Waals surface area contributed by atoms with Gasteiger partial charge in [0.15, 0.2) is 0 Å². The average molecular weight is 324 g/mol. The van der Waals surface area contributed by atoms with Crippen LogP contribution >= 0.6 is 0 Å². The fraction of sp³-hybridized carbons (Fsp3) is 0.636. The Bertz CT molecular complexity index is 723. The van der Waals surface area contributed by atoms with Gasteiger partial charge in [-0.05, 0) is 80.0 Å². The number of hydrogen-bond donors (Lipinski definition) is 1. The topological polar surface area (TPSA) is 29.5 Å². The Morgan fingerprint density at radius 1 is 1.17 bits per heavy atom. The Hall–Kier alpha value is -1.28. The number of hydrogen-bond acceptors (Lipinski definition) is 2. The molecule has 2 nitrogen and oxygen atoms in total. The third-order valence-corrected chi connectivity index (χ3v) is 8.40. The van der Waals surface area contributed by atoms with Gasteiger partial charge in [0, 0.05) is 10.8 Å². The van der Waals surface area contributed by atoms with E-state index in [1.54, 1.807) is 12.7 Å². The third-order valence-electron chi connectivity index (χ3n) is 8.40. The minimum Gasteiger partial charge on any atom is -0.497 e. The fourth-order valence-corrected chi connectivity index (χ4v) is 7.37. The summed E-state index contributed by atoms with van der Waals surface area (Å²) in [4.78, 5) is 0. The van der Waals surface area contributed by atoms with E-state index in [2.05, 4.69) is 37.3 Å². The zero-order valence-electron chi connectivity index (χ0n) is 14.8. The largest absolute Gasteiger partial charge is 0.497 e. The summed E-state index contributed by atoms with van der Waals surface area (Å²) < 4.78 is 5.44. The highest BCUT2D eigenvalue weighted by molar-refractivity contribution is 5.44. The number of aliphatic hydroxyl groups is 1. The van der Waals surface area contributed by atoms with Gasteiger partial charge >= 0.3 is 0 Å². The number of ether oxygens (including phenoxy) is 1. The van der Waals surface area contributed by atoms with E-state index in [1.165, 1.54) is 31.2 Å². The average Bonchev–Trinajstić information content (AvgIpc) is 3.04. The molecule has 2 heteroatoms. The van der Waals surface area contributed by atoms with Crippen molar-refractivity contribution in [3.63, 3.8) is 0 Å². The molecule has 128 valence electrons. The molecule has 0 heterocycles. The first-order valence-corrected chi connectivity index (χ1v) is 9.69. The van der Waals surface area contributed by atoms with Gasteiger partial charge in [-0.2, -0.15) is 0 Å². The molecule has 0 unspecified atom stereocenters. The second-order valence-electron chi connectivity index (χ2n) is 8.59. The fourth-order valence-electron chi connectivity index (χ4n) is 7.37. The van der Waals surface area contributed by atoms with Crippen LogP contribution in [0.2, 0.25) is 0 Å². The number of aryl methyl sites for hydroxylation is 1. The Balaban J connectivity index is 1.61. The van der Waals surface area contributed by atoms with Crippen LogP contribution < -0.4 is 4.74 Å². The number of methoxy groups -OCH3 is 1. The lowest BCUT2D eigenvalue weighted by Gasteiger charge is -2.57. The molecule has 4 aliphatic carbocycles. The summed E-state index contributed by atoms with van der Waals surface area (Å²) in [5, 5.41) is 11.3. The van der Waals surface area contributed by atoms with Crippen LogP contribution in [0, 0.1) is 16.7 Å². The monoisotopic (exact) mass is 324 g/mol. The SMILES string of the molecule is CC[C@]12CC[C@@H]3c4ccc(OC)cc4CC[C@H]3[C@@]13C=C[C@]2(O)CC3. The molecule has 0 aromatic heterocycles. The van der Waals surface area contributed by atoms with Gasteiger partial charge in [-0.3, -0.25) is 0 Å². The molecule has 5 atom stereocenters. The van der Waals surface area contributed by atoms with Crippen molar-refractivity contribution in [3.8, 4) is 5.75 Å². The second-order valence-corrected chi connectivity index (χ2v) is 8.59. The number of rotatable bonds is 2. The van der Waals surface area contributed by atoms with Crippen molar-refractivity contribution in [2.24, 2.45) is 16.7 Å². The predicted octanol–water partition coefficient (Wildman–Crippen LogP) is 4.61. The van der Waals surface area contributed by atoms with E-state index in [1.807, 2.05) is 0 Å². The van der Waals surface area contributed by atoms with Crippen LogP contribution in [-0.4, -0.2) is 17.8 Å². The maximum absolute atomic E-state index is 11.3. The summed E-state index contributed by atoms with van der Waals surface area (Å²) in [7, 11) is 1.76. The Morgan fingerprint density at radius 3 is 2.75 bits per heavy atom. The first-order valence-electron chi connectivity index (χ1n) is 9.69. The van der Waals surface area contributed by atoms with Crippen molar-refractivity contribution in [3.05, 3.63) is 41.5 Å². The van der Waals surface area contributed by atoms with Gasteiger partial charge in [0.05, 0.1) is 12.7 Å². The van der Waals surface area contributed by atoms with Crippen LogP contribution in [0.1, 0.15) is 62.5 Å². The van der Waals surface area contributed by atoms with E-state index in [4.69, 9.17) is 4.74 Å². The van der Waals surface area contributed by atoms with Crippen molar-refractivity contribution >= 4 is 0 Å². The molecule has 2 fully saturated rings. The predicted molar refractivity (Wildman–Crippen MR) is 95.3 cm³/mol. The minimum atomic E-state index is -0.535. The first kappa shape index (κ1) is 15.0. The smallest absolute Gasteiger partial charge is 0.119 e. The summed E-state index contributed by atoms with van der Waals surface area (Å²) in [6, 6.07) is 6.71. The van der Waals surface area contributed by atoms with Crippen molar-refractivity contribution in [2.45, 2.75) is 63.4 Å². The molecule has 1 aromatic rings. The summed E-state index contributed by atoms with van der Waals surface area (Å²) in [6.07, 6.45) is 12.7. The Kier molecular flexibility index (Phi) is 2.92. The highest BCUT2D eigenvalue weighted by atomic mass is 16.5. The van der Waals surface area contributed by atoms with E-state index in [0.717, 1.165) is 25.0 Å². The summed E-state index contributed by atoms with van der Waals surface area (Å²) in [5.74, 6) is 2.34. The molecule has 0 amide bonds. The van der Waals surface area contributed by atoms with Crippen LogP contribution in [-0.2, 0) is 6.42 Å². The van der Waals surface area contributed by atoms with Crippen LogP contribution in [0.5, 0.6) is 5.75 Å². The molecule has 1 N–H and O–H groups in total. The molecule has 0 aliphatic heterocycles. The number of benzene rings is 1. The quantitative estimate of drug-likeness (QED) is 0.805. The van der Waals surface area contributed by atoms with Crippen LogP contribution in [0.25, 0.3) is 0 Å². The molecule has 4 aliphatic rings. The van der Waals surface area contributed by atoms with Gasteiger partial charge in [-0.1, -0.05) is 25.1 Å². The number of fused-ring (bicyclic) bond motifs is 3. The van der Waals surface area contributed by atoms with Crippen molar-refractivity contribution in [1.29, 1.82) is 0 Å². The van der Waals surface area contributed by atoms with Gasteiger partial charge < -0.3 is 9.84 Å². The molecule has 0 saturated heterocycles. The van der Waals surface area contributed by atoms with E-state index in [9.17, 15) is 5.11 Å². The lowest BCUT2D eigenvalue weighted by Crippen LogP contribution is -2.53. The molecule has 0 spiro atoms. The Morgan fingerprint density at radius 2 is 2.04 bits per heavy atom. The zero-order chi connectivity index (χ0) is 16.6. The lowest BCUT2D eigenvalue weighted by atomic mass is 9.46. The van der Waals surface area contributed by atoms with Gasteiger partial charge in [-0.15, -0.1) is 0 Å². The molecule has 24 heavy (non-hydrogen) atoms. The molecule has 2 bridgehead atoms. The van der Waals surface area contributed by atoms with Gasteiger partial charge in [-0.25, -0.2) is 0 Å². The van der Waals surface area contributed by atoms with Crippen LogP contribution in [0.4, 0.5) is 0 Å². The zero-order valence-corrected chi connectivity index (χ0v) is 14.8. The third kappa shape index (κ3) is 1.48. The highest BCUT2D eigenvalue weighted by Gasteiger charge is 2.72. The maximum atomic E-state index is 11.3. The van der Waals surface area contributed by atoms with Crippen molar-refractivity contribution in [1.82, 2.24) is 0 Å². The maximum Gasteiger partial charge on any atom is 0.119 e. The normalized spacial score (nSPS) is 44.8. The van der Waals surface area contributed by atoms with E-state index in [-0.39, 0.29) is 10.8 Å². The van der Waals surface area contributed by atoms with Crippen LogP contribution in [0.15, 0.2) is 30.4 Å². The molecule has 0 radical (unpaired) electrons. The van der Waals surface area contributed by atoms with E-state index >= 15 is 0 Å².